The fourth-order valence-corrected chi connectivity index (χ4v) is 3.37. The van der Waals surface area contributed by atoms with Gasteiger partial charge in [-0.25, -0.2) is 0 Å². The van der Waals surface area contributed by atoms with Gasteiger partial charge in [-0.2, -0.15) is 0 Å². The number of hydrogen-bond acceptors (Lipinski definition) is 8. The van der Waals surface area contributed by atoms with Crippen molar-refractivity contribution in [1.29, 1.82) is 0 Å². The first kappa shape index (κ1) is 25.4. The SMILES string of the molecule is O=C(O)CC(N=C1C(=NC(CC(=O)O)C(=O)[O-])c2ccccc2-c2ccccc21)C(=O)[O-].[Co+2]. The molecule has 0 amide bonds. The molecule has 2 unspecified atom stereocenters. The molecule has 33 heavy (non-hydrogen) atoms. The molecule has 171 valence electrons. The Morgan fingerprint density at radius 1 is 0.667 bits per heavy atom. The molecular weight excluding hydrogens is 479 g/mol. The number of carboxylic acids is 4. The topological polar surface area (TPSA) is 180 Å². The van der Waals surface area contributed by atoms with Crippen LogP contribution in [-0.4, -0.2) is 57.6 Å². The summed E-state index contributed by atoms with van der Waals surface area (Å²) in [6, 6.07) is 9.83. The van der Waals surface area contributed by atoms with Crippen LogP contribution in [0.1, 0.15) is 24.0 Å². The van der Waals surface area contributed by atoms with Gasteiger partial charge in [0.1, 0.15) is 12.1 Å². The van der Waals surface area contributed by atoms with Gasteiger partial charge in [-0.05, 0) is 11.1 Å². The van der Waals surface area contributed by atoms with E-state index in [1.54, 1.807) is 48.5 Å². The minimum absolute atomic E-state index is 0. The zero-order valence-corrected chi connectivity index (χ0v) is 17.8. The summed E-state index contributed by atoms with van der Waals surface area (Å²) < 4.78 is 0. The van der Waals surface area contributed by atoms with E-state index in [4.69, 9.17) is 10.2 Å². The minimum atomic E-state index is -1.79. The number of aliphatic carboxylic acids is 4. The van der Waals surface area contributed by atoms with Crippen molar-refractivity contribution in [3.63, 3.8) is 0 Å². The minimum Gasteiger partial charge on any atom is -0.548 e. The first-order valence-corrected chi connectivity index (χ1v) is 9.39. The second kappa shape index (κ2) is 10.7. The Labute approximate surface area is 197 Å². The van der Waals surface area contributed by atoms with Crippen LogP contribution in [0.15, 0.2) is 58.5 Å². The molecule has 0 aromatic heterocycles. The van der Waals surface area contributed by atoms with Gasteiger partial charge in [0.15, 0.2) is 0 Å². The van der Waals surface area contributed by atoms with Gasteiger partial charge in [-0.1, -0.05) is 48.5 Å². The van der Waals surface area contributed by atoms with Crippen LogP contribution in [0.4, 0.5) is 0 Å². The van der Waals surface area contributed by atoms with E-state index < -0.39 is 48.8 Å². The molecule has 1 aliphatic carbocycles. The maximum Gasteiger partial charge on any atom is 2.00 e. The van der Waals surface area contributed by atoms with Gasteiger partial charge < -0.3 is 30.0 Å². The number of carboxylic acid groups (broad SMARTS) is 4. The molecule has 0 saturated carbocycles. The maximum absolute atomic E-state index is 11.5. The van der Waals surface area contributed by atoms with Gasteiger partial charge in [-0.15, -0.1) is 0 Å². The predicted molar refractivity (Wildman–Crippen MR) is 107 cm³/mol. The molecule has 2 N–H and O–H groups in total. The summed E-state index contributed by atoms with van der Waals surface area (Å²) in [5, 5.41) is 41.2. The van der Waals surface area contributed by atoms with Crippen LogP contribution in [-0.2, 0) is 36.0 Å². The van der Waals surface area contributed by atoms with Crippen molar-refractivity contribution in [2.45, 2.75) is 24.9 Å². The van der Waals surface area contributed by atoms with Crippen molar-refractivity contribution < 1.29 is 56.4 Å². The molecule has 1 radical (unpaired) electrons. The fraction of sp³-hybridized carbons (Fsp3) is 0.182. The van der Waals surface area contributed by atoms with Gasteiger partial charge in [0.05, 0.1) is 36.2 Å². The van der Waals surface area contributed by atoms with E-state index in [0.717, 1.165) is 0 Å². The van der Waals surface area contributed by atoms with Crippen molar-refractivity contribution >= 4 is 35.3 Å². The molecule has 0 spiro atoms. The normalized spacial score (nSPS) is 16.1. The van der Waals surface area contributed by atoms with Crippen LogP contribution >= 0.6 is 0 Å². The van der Waals surface area contributed by atoms with Crippen LogP contribution < -0.4 is 10.2 Å². The number of benzene rings is 2. The second-order valence-corrected chi connectivity index (χ2v) is 6.91. The Bertz CT molecular complexity index is 1080. The average molecular weight is 495 g/mol. The number of nitrogens with zero attached hydrogens (tertiary/aromatic N) is 2. The molecule has 0 heterocycles. The second-order valence-electron chi connectivity index (χ2n) is 6.91. The van der Waals surface area contributed by atoms with Crippen molar-refractivity contribution in [3.8, 4) is 11.1 Å². The molecule has 1 aliphatic rings. The van der Waals surface area contributed by atoms with Crippen LogP contribution in [0.3, 0.4) is 0 Å². The van der Waals surface area contributed by atoms with E-state index in [0.29, 0.717) is 22.3 Å². The van der Waals surface area contributed by atoms with E-state index in [1.165, 1.54) is 0 Å². The molecule has 10 nitrogen and oxygen atoms in total. The van der Waals surface area contributed by atoms with E-state index in [2.05, 4.69) is 9.98 Å². The Hall–Kier alpha value is -3.83. The Morgan fingerprint density at radius 2 is 0.970 bits per heavy atom. The van der Waals surface area contributed by atoms with Gasteiger partial charge in [-0.3, -0.25) is 19.6 Å². The van der Waals surface area contributed by atoms with Gasteiger partial charge in [0.25, 0.3) is 0 Å². The van der Waals surface area contributed by atoms with Crippen LogP contribution in [0.5, 0.6) is 0 Å². The van der Waals surface area contributed by atoms with Crippen molar-refractivity contribution in [2.24, 2.45) is 9.98 Å². The van der Waals surface area contributed by atoms with E-state index in [9.17, 15) is 29.4 Å². The summed E-state index contributed by atoms with van der Waals surface area (Å²) in [4.78, 5) is 53.5. The molecule has 2 aromatic carbocycles. The van der Waals surface area contributed by atoms with Crippen molar-refractivity contribution in [3.05, 3.63) is 59.7 Å². The Kier molecular flexibility index (Phi) is 8.21. The zero-order chi connectivity index (χ0) is 23.4. The van der Waals surface area contributed by atoms with E-state index in [-0.39, 0.29) is 28.2 Å². The molecule has 3 rings (SSSR count). The molecule has 0 bridgehead atoms. The van der Waals surface area contributed by atoms with Crippen molar-refractivity contribution in [2.75, 3.05) is 0 Å². The average Bonchev–Trinajstić information content (AvgIpc) is 2.73. The number of carbonyl (C=O) groups is 4. The quantitative estimate of drug-likeness (QED) is 0.474. The molecule has 2 aromatic rings. The third-order valence-electron chi connectivity index (χ3n) is 4.73. The molecule has 2 atom stereocenters. The zero-order valence-electron chi connectivity index (χ0n) is 16.8. The molecule has 11 heteroatoms. The maximum atomic E-state index is 11.5. The molecule has 0 aliphatic heterocycles. The number of rotatable bonds is 8. The monoisotopic (exact) mass is 495 g/mol. The number of carbonyl (C=O) groups excluding carboxylic acids is 2. The summed E-state index contributed by atoms with van der Waals surface area (Å²) in [6.45, 7) is 0. The number of aliphatic imine (C=N–C) groups is 2. The summed E-state index contributed by atoms with van der Waals surface area (Å²) in [6.07, 6.45) is -1.75. The van der Waals surface area contributed by atoms with Crippen LogP contribution in [0.25, 0.3) is 11.1 Å². The van der Waals surface area contributed by atoms with Crippen LogP contribution in [0, 0.1) is 0 Å². The van der Waals surface area contributed by atoms with E-state index in [1.807, 2.05) is 0 Å². The number of hydrogen-bond donors (Lipinski definition) is 2. The van der Waals surface area contributed by atoms with E-state index >= 15 is 0 Å². The third kappa shape index (κ3) is 5.70. The summed E-state index contributed by atoms with van der Waals surface area (Å²) in [7, 11) is 0. The molecule has 0 saturated heterocycles. The molecule has 0 fully saturated rings. The summed E-state index contributed by atoms with van der Waals surface area (Å²) in [5.74, 6) is -6.33. The smallest absolute Gasteiger partial charge is 0.548 e. The summed E-state index contributed by atoms with van der Waals surface area (Å²) in [5.41, 5.74) is 1.88. The predicted octanol–water partition coefficient (Wildman–Crippen LogP) is -0.871. The van der Waals surface area contributed by atoms with Crippen molar-refractivity contribution in [1.82, 2.24) is 0 Å². The first-order valence-electron chi connectivity index (χ1n) is 9.39. The molecular formula is C22H16CoN2O8. The van der Waals surface area contributed by atoms with Gasteiger partial charge in [0.2, 0.25) is 0 Å². The third-order valence-corrected chi connectivity index (χ3v) is 4.73. The Balaban J connectivity index is 0.00000385. The Morgan fingerprint density at radius 3 is 1.24 bits per heavy atom. The fourth-order valence-electron chi connectivity index (χ4n) is 3.37. The van der Waals surface area contributed by atoms with Gasteiger partial charge >= 0.3 is 28.7 Å². The first-order chi connectivity index (χ1) is 15.2. The standard InChI is InChI=1S/C22H18N2O8.Co/c25-17(26)9-15(21(29)30)23-19-13-7-3-1-5-11(13)12-6-2-4-8-14(12)20(19)24-16(22(31)32)10-18(27)28;/h1-8,15-16H,9-10H2,(H,25,26)(H,27,28)(H,29,30)(H,31,32);/q;+2/p-2. The summed E-state index contributed by atoms with van der Waals surface area (Å²) >= 11 is 0. The number of fused-ring (bicyclic) bond motifs is 3. The van der Waals surface area contributed by atoms with Crippen LogP contribution in [0.2, 0.25) is 0 Å². The largest absolute Gasteiger partial charge is 2.00 e. The van der Waals surface area contributed by atoms with Gasteiger partial charge in [0, 0.05) is 11.1 Å².